The Kier molecular flexibility index (Phi) is 8.10. The van der Waals surface area contributed by atoms with Crippen LogP contribution >= 0.6 is 0 Å². The molecule has 2 aliphatic heterocycles. The van der Waals surface area contributed by atoms with Gasteiger partial charge in [0.05, 0.1) is 12.8 Å². The third-order valence-corrected chi connectivity index (χ3v) is 14.2. The van der Waals surface area contributed by atoms with E-state index < -0.39 is 22.8 Å². The van der Waals surface area contributed by atoms with Crippen LogP contribution in [0.5, 0.6) is 23.0 Å². The van der Waals surface area contributed by atoms with E-state index >= 15 is 0 Å². The van der Waals surface area contributed by atoms with Crippen LogP contribution in [-0.2, 0) is 42.8 Å². The Balaban J connectivity index is 1.06. The van der Waals surface area contributed by atoms with Crippen molar-refractivity contribution in [3.63, 3.8) is 0 Å². The third-order valence-electron chi connectivity index (χ3n) is 14.2. The van der Waals surface area contributed by atoms with Gasteiger partial charge in [0, 0.05) is 22.3 Å². The molecule has 8 nitrogen and oxygen atoms in total. The second-order valence-corrected chi connectivity index (χ2v) is 18.7. The van der Waals surface area contributed by atoms with Crippen LogP contribution in [0.2, 0.25) is 0 Å². The number of aryl methyl sites for hydroxylation is 2. The summed E-state index contributed by atoms with van der Waals surface area (Å²) in [6.07, 6.45) is 8.58. The van der Waals surface area contributed by atoms with Crippen LogP contribution in [0.15, 0.2) is 12.1 Å². The van der Waals surface area contributed by atoms with Gasteiger partial charge in [-0.25, -0.2) is 0 Å². The summed E-state index contributed by atoms with van der Waals surface area (Å²) in [5, 5.41) is 0. The van der Waals surface area contributed by atoms with Crippen molar-refractivity contribution >= 4 is 23.9 Å². The number of ether oxygens (including phenoxy) is 4. The van der Waals surface area contributed by atoms with E-state index in [2.05, 4.69) is 39.8 Å². The van der Waals surface area contributed by atoms with E-state index in [4.69, 9.17) is 18.9 Å². The molecule has 0 N–H and O–H groups in total. The molecule has 0 bridgehead atoms. The summed E-state index contributed by atoms with van der Waals surface area (Å²) >= 11 is 0. The number of carbonyl (C=O) groups excluding carboxylic acids is 4. The first kappa shape index (κ1) is 35.4. The highest BCUT2D eigenvalue weighted by atomic mass is 16.6. The van der Waals surface area contributed by atoms with E-state index in [1.807, 2.05) is 27.7 Å². The smallest absolute Gasteiger partial charge is 0.322 e. The van der Waals surface area contributed by atoms with Gasteiger partial charge < -0.3 is 18.9 Å². The van der Waals surface area contributed by atoms with Crippen molar-refractivity contribution in [3.8, 4) is 23.0 Å². The van der Waals surface area contributed by atoms with E-state index in [9.17, 15) is 19.2 Å². The average Bonchev–Trinajstić information content (AvgIpc) is 3.53. The zero-order valence-corrected chi connectivity index (χ0v) is 32.2. The van der Waals surface area contributed by atoms with Crippen molar-refractivity contribution in [2.24, 2.45) is 22.7 Å². The quantitative estimate of drug-likeness (QED) is 0.207. The van der Waals surface area contributed by atoms with Gasteiger partial charge in [0.2, 0.25) is 0 Å². The molecular weight excluding hydrogens is 656 g/mol. The van der Waals surface area contributed by atoms with E-state index in [0.717, 1.165) is 97.6 Å². The fraction of sp³-hybridized carbons (Fsp3) is 0.636. The van der Waals surface area contributed by atoms with Gasteiger partial charge in [-0.15, -0.1) is 0 Å². The van der Waals surface area contributed by atoms with Crippen LogP contribution < -0.4 is 18.9 Å². The van der Waals surface area contributed by atoms with Gasteiger partial charge in [-0.1, -0.05) is 80.4 Å². The van der Waals surface area contributed by atoms with Crippen molar-refractivity contribution in [1.29, 1.82) is 0 Å². The fourth-order valence-electron chi connectivity index (χ4n) is 11.8. The average molecular weight is 711 g/mol. The van der Waals surface area contributed by atoms with Crippen molar-refractivity contribution in [2.45, 2.75) is 155 Å². The number of hydrogen-bond acceptors (Lipinski definition) is 8. The Hall–Kier alpha value is -3.68. The van der Waals surface area contributed by atoms with Gasteiger partial charge in [-0.05, 0) is 97.0 Å². The zero-order chi connectivity index (χ0) is 37.1. The van der Waals surface area contributed by atoms with Crippen LogP contribution in [0, 0.1) is 22.7 Å². The van der Waals surface area contributed by atoms with Gasteiger partial charge in [0.25, 0.3) is 0 Å². The lowest BCUT2D eigenvalue weighted by atomic mass is 9.50. The number of esters is 4. The van der Waals surface area contributed by atoms with E-state index in [1.54, 1.807) is 0 Å². The second-order valence-electron chi connectivity index (χ2n) is 18.7. The fourth-order valence-corrected chi connectivity index (χ4v) is 11.8. The van der Waals surface area contributed by atoms with Crippen LogP contribution in [0.25, 0.3) is 0 Å². The highest BCUT2D eigenvalue weighted by Gasteiger charge is 2.64. The molecule has 0 aromatic heterocycles. The standard InChI is InChI=1S/C44H54O8/c1-23(2)27-21-25-11-13-29-41(5,6)17-9-19-43(29)33(25)37(51-39(43)47)35(27)49-31(45)15-16-32(46)50-36-28(24(3)4)22-26-12-14-30-42(7,8)18-10-20-44(30)34(26)38(36)52-40(44)48/h21-24,29-30H,9-20H2,1-8H3/t29-,30-,43+,44+/m0/s1. The molecule has 8 heteroatoms. The number of carbonyl (C=O) groups is 4. The van der Waals surface area contributed by atoms with E-state index in [-0.39, 0.29) is 59.3 Å². The highest BCUT2D eigenvalue weighted by molar-refractivity contribution is 5.96. The summed E-state index contributed by atoms with van der Waals surface area (Å²) in [7, 11) is 0. The molecule has 2 fully saturated rings. The normalized spacial score (nSPS) is 28.7. The Morgan fingerprint density at radius 2 is 1.06 bits per heavy atom. The zero-order valence-electron chi connectivity index (χ0n) is 32.2. The van der Waals surface area contributed by atoms with Crippen molar-refractivity contribution in [1.82, 2.24) is 0 Å². The Morgan fingerprint density at radius 3 is 1.42 bits per heavy atom. The predicted molar refractivity (Wildman–Crippen MR) is 195 cm³/mol. The molecule has 52 heavy (non-hydrogen) atoms. The second kappa shape index (κ2) is 11.9. The maximum absolute atomic E-state index is 13.9. The summed E-state index contributed by atoms with van der Waals surface area (Å²) in [5.74, 6) is 0.0637. The van der Waals surface area contributed by atoms with Crippen LogP contribution in [0.3, 0.4) is 0 Å². The molecule has 2 spiro atoms. The predicted octanol–water partition coefficient (Wildman–Crippen LogP) is 9.08. The number of benzene rings is 2. The lowest BCUT2D eigenvalue weighted by Crippen LogP contribution is -2.52. The van der Waals surface area contributed by atoms with Crippen molar-refractivity contribution in [3.05, 3.63) is 45.5 Å². The first-order valence-electron chi connectivity index (χ1n) is 19.8. The third kappa shape index (κ3) is 4.90. The molecule has 0 saturated heterocycles. The molecule has 2 aromatic carbocycles. The molecule has 0 radical (unpaired) electrons. The summed E-state index contributed by atoms with van der Waals surface area (Å²) < 4.78 is 24.4. The molecule has 2 aromatic rings. The van der Waals surface area contributed by atoms with Crippen LogP contribution in [-0.4, -0.2) is 23.9 Å². The van der Waals surface area contributed by atoms with Crippen LogP contribution in [0.1, 0.15) is 165 Å². The number of rotatable bonds is 7. The maximum atomic E-state index is 13.9. The first-order valence-corrected chi connectivity index (χ1v) is 19.8. The van der Waals surface area contributed by atoms with E-state index in [1.165, 1.54) is 0 Å². The summed E-state index contributed by atoms with van der Waals surface area (Å²) in [5.41, 5.74) is 4.25. The molecule has 2 saturated carbocycles. The first-order chi connectivity index (χ1) is 24.5. The SMILES string of the molecule is CC(C)c1cc2c3c(c1OC(=O)CCC(=O)Oc1c(C(C)C)cc4c5c1OC(=O)[C@@]51CCCC(C)(C)[C@@H]1CC4)OC(=O)[C@@]31CCCC(C)(C)[C@@H]1CC2. The lowest BCUT2D eigenvalue weighted by molar-refractivity contribution is -0.146. The van der Waals surface area contributed by atoms with Gasteiger partial charge in [0.15, 0.2) is 23.0 Å². The topological polar surface area (TPSA) is 105 Å². The molecule has 0 unspecified atom stereocenters. The molecule has 0 amide bonds. The number of hydrogen-bond donors (Lipinski definition) is 0. The maximum Gasteiger partial charge on any atom is 0.322 e. The molecule has 6 aliphatic rings. The van der Waals surface area contributed by atoms with Crippen molar-refractivity contribution in [2.75, 3.05) is 0 Å². The molecular formula is C44H54O8. The largest absolute Gasteiger partial charge is 0.422 e. The minimum absolute atomic E-state index is 0.00898. The Morgan fingerprint density at radius 1 is 0.673 bits per heavy atom. The van der Waals surface area contributed by atoms with Gasteiger partial charge in [0.1, 0.15) is 10.8 Å². The molecule has 4 atom stereocenters. The van der Waals surface area contributed by atoms with Crippen molar-refractivity contribution < 1.29 is 38.1 Å². The van der Waals surface area contributed by atoms with E-state index in [0.29, 0.717) is 23.0 Å². The molecule has 278 valence electrons. The Labute approximate surface area is 307 Å². The Bertz CT molecular complexity index is 1780. The van der Waals surface area contributed by atoms with Gasteiger partial charge in [-0.3, -0.25) is 19.2 Å². The summed E-state index contributed by atoms with van der Waals surface area (Å²) in [6, 6.07) is 4.22. The lowest BCUT2D eigenvalue weighted by Gasteiger charge is -2.51. The molecule has 4 aliphatic carbocycles. The minimum atomic E-state index is -0.717. The minimum Gasteiger partial charge on any atom is -0.422 e. The van der Waals surface area contributed by atoms with Crippen LogP contribution in [0.4, 0.5) is 0 Å². The summed E-state index contributed by atoms with van der Waals surface area (Å²) in [6.45, 7) is 17.2. The monoisotopic (exact) mass is 710 g/mol. The van der Waals surface area contributed by atoms with Gasteiger partial charge >= 0.3 is 23.9 Å². The summed E-state index contributed by atoms with van der Waals surface area (Å²) in [4.78, 5) is 54.9. The van der Waals surface area contributed by atoms with Gasteiger partial charge in [-0.2, -0.15) is 0 Å². The molecule has 2 heterocycles. The highest BCUT2D eigenvalue weighted by Crippen LogP contribution is 2.66. The molecule has 8 rings (SSSR count).